The van der Waals surface area contributed by atoms with E-state index in [1.165, 1.54) is 29.5 Å². The Bertz CT molecular complexity index is 1110. The van der Waals surface area contributed by atoms with E-state index >= 15 is 0 Å². The van der Waals surface area contributed by atoms with Crippen molar-refractivity contribution in [3.05, 3.63) is 80.7 Å². The second-order valence-corrected chi connectivity index (χ2v) is 6.91. The molecule has 0 aliphatic carbocycles. The summed E-state index contributed by atoms with van der Waals surface area (Å²) in [5.41, 5.74) is 2.93. The summed E-state index contributed by atoms with van der Waals surface area (Å²) in [6.45, 7) is 8.29. The predicted molar refractivity (Wildman–Crippen MR) is 102 cm³/mol. The Morgan fingerprint density at radius 3 is 2.77 bits per heavy atom. The molecule has 1 amide bonds. The molecule has 0 aliphatic rings. The van der Waals surface area contributed by atoms with Crippen molar-refractivity contribution in [2.45, 2.75) is 20.4 Å². The van der Waals surface area contributed by atoms with Gasteiger partial charge in [0.2, 0.25) is 0 Å². The van der Waals surface area contributed by atoms with E-state index in [9.17, 15) is 14.9 Å². The number of para-hydroxylation sites is 1. The average molecular weight is 367 g/mol. The van der Waals surface area contributed by atoms with Crippen molar-refractivity contribution in [2.24, 2.45) is 4.99 Å². The summed E-state index contributed by atoms with van der Waals surface area (Å²) in [6.07, 6.45) is 1.74. The number of thiazole rings is 1. The van der Waals surface area contributed by atoms with Crippen molar-refractivity contribution in [1.82, 2.24) is 4.57 Å². The number of benzene rings is 2. The minimum Gasteiger partial charge on any atom is -0.312 e. The maximum absolute atomic E-state index is 12.6. The Labute approximate surface area is 153 Å². The lowest BCUT2D eigenvalue weighted by atomic mass is 10.1. The monoisotopic (exact) mass is 367 g/mol. The summed E-state index contributed by atoms with van der Waals surface area (Å²) >= 11 is 1.39. The molecule has 0 N–H and O–H groups in total. The standard InChI is InChI=1S/C19H17N3O3S/c1-4-9-21-17-13(3)10-12(2)11-16(17)26-19(21)20-18(23)14-7-5-6-8-15(14)22(24)25/h4-8,10-11H,1,9H2,2-3H3. The van der Waals surface area contributed by atoms with E-state index in [1.807, 2.05) is 24.5 Å². The van der Waals surface area contributed by atoms with Gasteiger partial charge < -0.3 is 4.57 Å². The Kier molecular flexibility index (Phi) is 4.81. The fourth-order valence-corrected chi connectivity index (χ4v) is 4.15. The number of carbonyl (C=O) groups excluding carboxylic acids is 1. The predicted octanol–water partition coefficient (Wildman–Crippen LogP) is 4.15. The molecule has 0 spiro atoms. The van der Waals surface area contributed by atoms with Crippen LogP contribution in [0.1, 0.15) is 21.5 Å². The number of allylic oxidation sites excluding steroid dienone is 1. The maximum atomic E-state index is 12.6. The minimum absolute atomic E-state index is 0.0204. The summed E-state index contributed by atoms with van der Waals surface area (Å²) in [5.74, 6) is -0.629. The molecule has 0 atom stereocenters. The van der Waals surface area contributed by atoms with Gasteiger partial charge in [0.15, 0.2) is 4.80 Å². The zero-order chi connectivity index (χ0) is 18.8. The average Bonchev–Trinajstić information content (AvgIpc) is 2.92. The molecule has 1 heterocycles. The molecule has 26 heavy (non-hydrogen) atoms. The number of aromatic nitrogens is 1. The van der Waals surface area contributed by atoms with Gasteiger partial charge in [-0.25, -0.2) is 0 Å². The molecule has 0 fully saturated rings. The van der Waals surface area contributed by atoms with Gasteiger partial charge in [-0.05, 0) is 37.1 Å². The highest BCUT2D eigenvalue weighted by Gasteiger charge is 2.19. The number of nitro groups is 1. The van der Waals surface area contributed by atoms with Crippen LogP contribution >= 0.6 is 11.3 Å². The van der Waals surface area contributed by atoms with Crippen LogP contribution in [0.15, 0.2) is 54.0 Å². The molecule has 0 bridgehead atoms. The minimum atomic E-state index is -0.629. The van der Waals surface area contributed by atoms with Crippen LogP contribution in [0.25, 0.3) is 10.2 Å². The highest BCUT2D eigenvalue weighted by atomic mass is 32.1. The first-order valence-corrected chi connectivity index (χ1v) is 8.78. The zero-order valence-electron chi connectivity index (χ0n) is 14.4. The van der Waals surface area contributed by atoms with Gasteiger partial charge in [0.05, 0.1) is 15.1 Å². The van der Waals surface area contributed by atoms with Crippen molar-refractivity contribution in [2.75, 3.05) is 0 Å². The number of carbonyl (C=O) groups is 1. The molecule has 3 rings (SSSR count). The van der Waals surface area contributed by atoms with Crippen LogP contribution in [-0.4, -0.2) is 15.4 Å². The van der Waals surface area contributed by atoms with Crippen LogP contribution in [0, 0.1) is 24.0 Å². The molecule has 0 saturated carbocycles. The Balaban J connectivity index is 2.23. The first kappa shape index (κ1) is 17.8. The normalized spacial score (nSPS) is 11.7. The van der Waals surface area contributed by atoms with E-state index in [0.717, 1.165) is 21.3 Å². The second kappa shape index (κ2) is 7.05. The first-order valence-electron chi connectivity index (χ1n) is 7.96. The van der Waals surface area contributed by atoms with Gasteiger partial charge in [-0.2, -0.15) is 4.99 Å². The summed E-state index contributed by atoms with van der Waals surface area (Å²) < 4.78 is 2.92. The molecule has 3 aromatic rings. The fourth-order valence-electron chi connectivity index (χ4n) is 2.94. The van der Waals surface area contributed by atoms with Gasteiger partial charge in [0.25, 0.3) is 11.6 Å². The highest BCUT2D eigenvalue weighted by Crippen LogP contribution is 2.24. The molecule has 2 aromatic carbocycles. The van der Waals surface area contributed by atoms with Crippen molar-refractivity contribution >= 4 is 33.1 Å². The lowest BCUT2D eigenvalue weighted by molar-refractivity contribution is -0.385. The zero-order valence-corrected chi connectivity index (χ0v) is 15.2. The smallest absolute Gasteiger partial charge is 0.286 e. The van der Waals surface area contributed by atoms with Gasteiger partial charge in [-0.3, -0.25) is 14.9 Å². The molecule has 0 unspecified atom stereocenters. The lowest BCUT2D eigenvalue weighted by Crippen LogP contribution is -2.17. The number of fused-ring (bicyclic) bond motifs is 1. The highest BCUT2D eigenvalue weighted by molar-refractivity contribution is 7.16. The Hall–Kier alpha value is -3.06. The quantitative estimate of drug-likeness (QED) is 0.395. The molecule has 132 valence electrons. The van der Waals surface area contributed by atoms with E-state index in [0.29, 0.717) is 11.3 Å². The number of nitro benzene ring substituents is 1. The van der Waals surface area contributed by atoms with Crippen LogP contribution < -0.4 is 4.80 Å². The number of amides is 1. The van der Waals surface area contributed by atoms with E-state index in [2.05, 4.69) is 17.6 Å². The van der Waals surface area contributed by atoms with Gasteiger partial charge >= 0.3 is 0 Å². The lowest BCUT2D eigenvalue weighted by Gasteiger charge is -2.05. The third kappa shape index (κ3) is 3.21. The topological polar surface area (TPSA) is 77.5 Å². The summed E-state index contributed by atoms with van der Waals surface area (Å²) in [6, 6.07) is 9.96. The van der Waals surface area contributed by atoms with Crippen molar-refractivity contribution < 1.29 is 9.72 Å². The third-order valence-electron chi connectivity index (χ3n) is 3.95. The molecule has 6 nitrogen and oxygen atoms in total. The molecule has 1 aromatic heterocycles. The summed E-state index contributed by atoms with van der Waals surface area (Å²) in [7, 11) is 0. The summed E-state index contributed by atoms with van der Waals surface area (Å²) in [5, 5.41) is 11.2. The van der Waals surface area contributed by atoms with Gasteiger partial charge in [-0.15, -0.1) is 6.58 Å². The fraction of sp³-hybridized carbons (Fsp3) is 0.158. The van der Waals surface area contributed by atoms with Crippen molar-refractivity contribution in [3.63, 3.8) is 0 Å². The van der Waals surface area contributed by atoms with E-state index in [-0.39, 0.29) is 11.3 Å². The maximum Gasteiger partial charge on any atom is 0.286 e. The third-order valence-corrected chi connectivity index (χ3v) is 4.98. The molecular weight excluding hydrogens is 350 g/mol. The van der Waals surface area contributed by atoms with Gasteiger partial charge in [0, 0.05) is 12.6 Å². The number of hydrogen-bond acceptors (Lipinski definition) is 4. The van der Waals surface area contributed by atoms with E-state index in [1.54, 1.807) is 12.1 Å². The molecule has 0 saturated heterocycles. The van der Waals surface area contributed by atoms with Crippen molar-refractivity contribution in [1.29, 1.82) is 0 Å². The first-order chi connectivity index (χ1) is 12.4. The van der Waals surface area contributed by atoms with Crippen LogP contribution in [0.4, 0.5) is 5.69 Å². The Morgan fingerprint density at radius 1 is 1.35 bits per heavy atom. The van der Waals surface area contributed by atoms with E-state index < -0.39 is 10.8 Å². The Morgan fingerprint density at radius 2 is 2.08 bits per heavy atom. The molecule has 7 heteroatoms. The van der Waals surface area contributed by atoms with Gasteiger partial charge in [-0.1, -0.05) is 35.6 Å². The SMILES string of the molecule is C=CCn1c(=NC(=O)c2ccccc2[N+](=O)[O-])sc2cc(C)cc(C)c21. The van der Waals surface area contributed by atoms with Crippen LogP contribution in [0.3, 0.4) is 0 Å². The molecule has 0 radical (unpaired) electrons. The second-order valence-electron chi connectivity index (χ2n) is 5.90. The van der Waals surface area contributed by atoms with Crippen LogP contribution in [-0.2, 0) is 6.54 Å². The van der Waals surface area contributed by atoms with Crippen molar-refractivity contribution in [3.8, 4) is 0 Å². The van der Waals surface area contributed by atoms with Crippen LogP contribution in [0.2, 0.25) is 0 Å². The van der Waals surface area contributed by atoms with E-state index in [4.69, 9.17) is 0 Å². The largest absolute Gasteiger partial charge is 0.312 e. The number of nitrogens with zero attached hydrogens (tertiary/aromatic N) is 3. The van der Waals surface area contributed by atoms with Gasteiger partial charge in [0.1, 0.15) is 5.56 Å². The number of hydrogen-bond donors (Lipinski definition) is 0. The van der Waals surface area contributed by atoms with Crippen LogP contribution in [0.5, 0.6) is 0 Å². The number of aryl methyl sites for hydroxylation is 2. The molecular formula is C19H17N3O3S. The molecule has 0 aliphatic heterocycles. The summed E-state index contributed by atoms with van der Waals surface area (Å²) in [4.78, 5) is 27.9. The number of rotatable bonds is 4.